The molecule has 0 unspecified atom stereocenters. The Hall–Kier alpha value is -2.18. The molecule has 0 heterocycles. The maximum Gasteiger partial charge on any atom is 0.251 e. The van der Waals surface area contributed by atoms with E-state index in [0.29, 0.717) is 5.56 Å². The molecular formula is C15H16N2O3S. The molecule has 0 aliphatic rings. The van der Waals surface area contributed by atoms with E-state index in [2.05, 4.69) is 10.0 Å². The summed E-state index contributed by atoms with van der Waals surface area (Å²) in [5.41, 5.74) is 1.31. The van der Waals surface area contributed by atoms with Crippen molar-refractivity contribution in [1.82, 2.24) is 10.0 Å². The van der Waals surface area contributed by atoms with E-state index in [1.54, 1.807) is 49.5 Å². The zero-order valence-corrected chi connectivity index (χ0v) is 12.4. The van der Waals surface area contributed by atoms with Gasteiger partial charge in [0.1, 0.15) is 0 Å². The Kier molecular flexibility index (Phi) is 4.72. The van der Waals surface area contributed by atoms with Crippen molar-refractivity contribution in [2.24, 2.45) is 0 Å². The van der Waals surface area contributed by atoms with E-state index in [4.69, 9.17) is 0 Å². The lowest BCUT2D eigenvalue weighted by Crippen LogP contribution is -2.23. The molecule has 0 aliphatic heterocycles. The quantitative estimate of drug-likeness (QED) is 0.879. The van der Waals surface area contributed by atoms with Gasteiger partial charge in [-0.05, 0) is 29.8 Å². The van der Waals surface area contributed by atoms with E-state index in [9.17, 15) is 13.2 Å². The van der Waals surface area contributed by atoms with Crippen LogP contribution in [-0.4, -0.2) is 21.4 Å². The van der Waals surface area contributed by atoms with Gasteiger partial charge in [0.2, 0.25) is 10.0 Å². The molecule has 0 fully saturated rings. The molecule has 21 heavy (non-hydrogen) atoms. The lowest BCUT2D eigenvalue weighted by atomic mass is 10.1. The van der Waals surface area contributed by atoms with Crippen molar-refractivity contribution in [1.29, 1.82) is 0 Å². The maximum atomic E-state index is 12.1. The van der Waals surface area contributed by atoms with Crippen molar-refractivity contribution >= 4 is 15.9 Å². The summed E-state index contributed by atoms with van der Waals surface area (Å²) in [5, 5.41) is 2.53. The summed E-state index contributed by atoms with van der Waals surface area (Å²) in [6.07, 6.45) is 0. The van der Waals surface area contributed by atoms with Crippen LogP contribution in [0.5, 0.6) is 0 Å². The van der Waals surface area contributed by atoms with Crippen LogP contribution in [0.1, 0.15) is 15.9 Å². The molecular weight excluding hydrogens is 288 g/mol. The van der Waals surface area contributed by atoms with E-state index in [1.807, 2.05) is 0 Å². The number of hydrogen-bond donors (Lipinski definition) is 2. The highest BCUT2D eigenvalue weighted by molar-refractivity contribution is 7.89. The second-order valence-corrected chi connectivity index (χ2v) is 6.18. The fourth-order valence-electron chi connectivity index (χ4n) is 1.78. The van der Waals surface area contributed by atoms with Crippen LogP contribution in [0, 0.1) is 0 Å². The third-order valence-electron chi connectivity index (χ3n) is 2.96. The topological polar surface area (TPSA) is 75.3 Å². The van der Waals surface area contributed by atoms with Crippen molar-refractivity contribution in [2.75, 3.05) is 7.05 Å². The van der Waals surface area contributed by atoms with Gasteiger partial charge in [-0.3, -0.25) is 4.79 Å². The largest absolute Gasteiger partial charge is 0.355 e. The molecule has 5 nitrogen and oxygen atoms in total. The second-order valence-electron chi connectivity index (χ2n) is 4.41. The zero-order chi connectivity index (χ0) is 15.3. The first-order valence-corrected chi connectivity index (χ1v) is 7.87. The molecule has 0 saturated carbocycles. The van der Waals surface area contributed by atoms with Crippen LogP contribution in [0.25, 0.3) is 0 Å². The van der Waals surface area contributed by atoms with Gasteiger partial charge in [0, 0.05) is 19.2 Å². The molecule has 2 N–H and O–H groups in total. The van der Waals surface area contributed by atoms with Crippen molar-refractivity contribution < 1.29 is 13.2 Å². The summed E-state index contributed by atoms with van der Waals surface area (Å²) in [6, 6.07) is 14.9. The summed E-state index contributed by atoms with van der Waals surface area (Å²) >= 11 is 0. The summed E-state index contributed by atoms with van der Waals surface area (Å²) in [7, 11) is -1.96. The predicted octanol–water partition coefficient (Wildman–Crippen LogP) is 1.52. The van der Waals surface area contributed by atoms with Crippen LogP contribution in [0.2, 0.25) is 0 Å². The van der Waals surface area contributed by atoms with E-state index >= 15 is 0 Å². The van der Waals surface area contributed by atoms with Gasteiger partial charge in [0.15, 0.2) is 0 Å². The van der Waals surface area contributed by atoms with Crippen LogP contribution in [0.15, 0.2) is 59.5 Å². The van der Waals surface area contributed by atoms with Crippen molar-refractivity contribution in [2.45, 2.75) is 11.4 Å². The minimum atomic E-state index is -3.52. The average molecular weight is 304 g/mol. The van der Waals surface area contributed by atoms with Crippen molar-refractivity contribution in [3.05, 3.63) is 65.7 Å². The number of amides is 1. The van der Waals surface area contributed by atoms with Gasteiger partial charge >= 0.3 is 0 Å². The number of rotatable bonds is 5. The number of sulfonamides is 1. The highest BCUT2D eigenvalue weighted by Crippen LogP contribution is 2.09. The summed E-state index contributed by atoms with van der Waals surface area (Å²) in [6.45, 7) is 0.172. The monoisotopic (exact) mass is 304 g/mol. The number of benzene rings is 2. The zero-order valence-electron chi connectivity index (χ0n) is 11.5. The summed E-state index contributed by atoms with van der Waals surface area (Å²) in [5.74, 6) is -0.175. The van der Waals surface area contributed by atoms with Crippen molar-refractivity contribution in [3.8, 4) is 0 Å². The molecule has 0 saturated heterocycles. The molecule has 0 atom stereocenters. The molecule has 1 amide bonds. The van der Waals surface area contributed by atoms with Crippen LogP contribution >= 0.6 is 0 Å². The van der Waals surface area contributed by atoms with E-state index < -0.39 is 10.0 Å². The lowest BCUT2D eigenvalue weighted by Gasteiger charge is -2.07. The third kappa shape index (κ3) is 3.90. The SMILES string of the molecule is CNC(=O)c1ccc(CNS(=O)(=O)c2ccccc2)cc1. The molecule has 0 spiro atoms. The van der Waals surface area contributed by atoms with E-state index in [0.717, 1.165) is 5.56 Å². The molecule has 2 rings (SSSR count). The smallest absolute Gasteiger partial charge is 0.251 e. The van der Waals surface area contributed by atoms with Crippen molar-refractivity contribution in [3.63, 3.8) is 0 Å². The normalized spacial score (nSPS) is 11.1. The second kappa shape index (κ2) is 6.51. The van der Waals surface area contributed by atoms with Crippen LogP contribution in [0.4, 0.5) is 0 Å². The lowest BCUT2D eigenvalue weighted by molar-refractivity contribution is 0.0963. The first-order chi connectivity index (χ1) is 10.0. The first kappa shape index (κ1) is 15.2. The Morgan fingerprint density at radius 1 is 1.00 bits per heavy atom. The number of nitrogens with one attached hydrogen (secondary N) is 2. The van der Waals surface area contributed by atoms with Gasteiger partial charge < -0.3 is 5.32 Å². The molecule has 2 aromatic carbocycles. The Balaban J connectivity index is 2.05. The molecule has 0 bridgehead atoms. The minimum absolute atomic E-state index is 0.172. The van der Waals surface area contributed by atoms with Gasteiger partial charge in [-0.1, -0.05) is 30.3 Å². The maximum absolute atomic E-state index is 12.1. The highest BCUT2D eigenvalue weighted by Gasteiger charge is 2.12. The average Bonchev–Trinajstić information content (AvgIpc) is 2.53. The fourth-order valence-corrected chi connectivity index (χ4v) is 2.82. The Labute approximate surface area is 124 Å². The molecule has 2 aromatic rings. The van der Waals surface area contributed by atoms with Gasteiger partial charge in [0.05, 0.1) is 4.90 Å². The number of carbonyl (C=O) groups excluding carboxylic acids is 1. The summed E-state index contributed by atoms with van der Waals surface area (Å²) in [4.78, 5) is 11.6. The highest BCUT2D eigenvalue weighted by atomic mass is 32.2. The number of carbonyl (C=O) groups is 1. The molecule has 6 heteroatoms. The van der Waals surface area contributed by atoms with Gasteiger partial charge in [-0.15, -0.1) is 0 Å². The van der Waals surface area contributed by atoms with Gasteiger partial charge in [-0.2, -0.15) is 0 Å². The third-order valence-corrected chi connectivity index (χ3v) is 4.38. The fraction of sp³-hybridized carbons (Fsp3) is 0.133. The minimum Gasteiger partial charge on any atom is -0.355 e. The van der Waals surface area contributed by atoms with E-state index in [1.165, 1.54) is 12.1 Å². The Bertz CT molecular complexity index is 710. The van der Waals surface area contributed by atoms with Crippen LogP contribution in [-0.2, 0) is 16.6 Å². The molecule has 0 aromatic heterocycles. The first-order valence-electron chi connectivity index (χ1n) is 6.38. The molecule has 110 valence electrons. The predicted molar refractivity (Wildman–Crippen MR) is 80.3 cm³/mol. The van der Waals surface area contributed by atoms with Crippen LogP contribution in [0.3, 0.4) is 0 Å². The standard InChI is InChI=1S/C15H16N2O3S/c1-16-15(18)13-9-7-12(8-10-13)11-17-21(19,20)14-5-3-2-4-6-14/h2-10,17H,11H2,1H3,(H,16,18). The number of hydrogen-bond acceptors (Lipinski definition) is 3. The van der Waals surface area contributed by atoms with Gasteiger partial charge in [-0.25, -0.2) is 13.1 Å². The van der Waals surface area contributed by atoms with Crippen LogP contribution < -0.4 is 10.0 Å². The summed E-state index contributed by atoms with van der Waals surface area (Å²) < 4.78 is 26.6. The molecule has 0 radical (unpaired) electrons. The van der Waals surface area contributed by atoms with E-state index in [-0.39, 0.29) is 17.3 Å². The Morgan fingerprint density at radius 2 is 1.62 bits per heavy atom. The Morgan fingerprint density at radius 3 is 2.19 bits per heavy atom. The molecule has 0 aliphatic carbocycles. The van der Waals surface area contributed by atoms with Gasteiger partial charge in [0.25, 0.3) is 5.91 Å².